The summed E-state index contributed by atoms with van der Waals surface area (Å²) in [5.74, 6) is 0.0897. The predicted octanol–water partition coefficient (Wildman–Crippen LogP) is 2.88. The van der Waals surface area contributed by atoms with Crippen LogP contribution in [0, 0.1) is 0 Å². The monoisotopic (exact) mass is 526 g/mol. The molecule has 1 aliphatic heterocycles. The zero-order chi connectivity index (χ0) is 26.3. The number of aromatic nitrogens is 3. The Labute approximate surface area is 223 Å². The molecule has 1 atom stereocenters. The fourth-order valence-electron chi connectivity index (χ4n) is 3.95. The molecule has 11 heteroatoms. The zero-order valence-electron chi connectivity index (χ0n) is 21.2. The van der Waals surface area contributed by atoms with Gasteiger partial charge in [0.15, 0.2) is 11.5 Å². The van der Waals surface area contributed by atoms with Crippen molar-refractivity contribution in [3.05, 3.63) is 65.6 Å². The Bertz CT molecular complexity index is 1190. The van der Waals surface area contributed by atoms with Gasteiger partial charge in [0.25, 0.3) is 0 Å². The average molecular weight is 527 g/mol. The second kappa shape index (κ2) is 13.3. The number of hydrogen-bond donors (Lipinski definition) is 3. The molecule has 3 heterocycles. The Morgan fingerprint density at radius 3 is 2.55 bits per heavy atom. The molecule has 11 nitrogen and oxygen atoms in total. The normalized spacial score (nSPS) is 14.9. The molecular weight excluding hydrogens is 488 g/mol. The van der Waals surface area contributed by atoms with Crippen LogP contribution in [0.5, 0.6) is 0 Å². The summed E-state index contributed by atoms with van der Waals surface area (Å²) in [7, 11) is 0. The van der Waals surface area contributed by atoms with Crippen molar-refractivity contribution >= 4 is 17.6 Å². The van der Waals surface area contributed by atoms with Crippen LogP contribution in [0.2, 0.25) is 0 Å². The van der Waals surface area contributed by atoms with Crippen molar-refractivity contribution in [2.45, 2.75) is 65.0 Å². The third kappa shape index (κ3) is 7.73. The van der Waals surface area contributed by atoms with E-state index in [0.717, 1.165) is 18.4 Å². The van der Waals surface area contributed by atoms with Crippen LogP contribution in [0.1, 0.15) is 57.2 Å². The first-order valence-electron chi connectivity index (χ1n) is 12.4. The molecule has 1 fully saturated rings. The van der Waals surface area contributed by atoms with Crippen molar-refractivity contribution in [3.8, 4) is 0 Å². The number of hydrogen-bond acceptors (Lipinski definition) is 8. The molecular formula is C27H38N6O5. The average Bonchev–Trinajstić information content (AvgIpc) is 3.32. The van der Waals surface area contributed by atoms with E-state index in [1.54, 1.807) is 24.3 Å². The van der Waals surface area contributed by atoms with E-state index < -0.39 is 17.7 Å². The quantitative estimate of drug-likeness (QED) is 0.366. The minimum Gasteiger partial charge on any atom is -0.443 e. The lowest BCUT2D eigenvalue weighted by Crippen LogP contribution is -2.51. The number of fused-ring (bicyclic) bond motifs is 1. The third-order valence-electron chi connectivity index (χ3n) is 6.03. The van der Waals surface area contributed by atoms with Gasteiger partial charge in [-0.05, 0) is 44.4 Å². The van der Waals surface area contributed by atoms with Gasteiger partial charge in [-0.25, -0.2) is 4.79 Å². The van der Waals surface area contributed by atoms with Gasteiger partial charge in [0.05, 0.1) is 24.4 Å². The van der Waals surface area contributed by atoms with E-state index in [0.29, 0.717) is 37.0 Å². The minimum atomic E-state index is -1.10. The lowest BCUT2D eigenvalue weighted by molar-refractivity contribution is -0.126. The van der Waals surface area contributed by atoms with Gasteiger partial charge in [0.2, 0.25) is 5.91 Å². The summed E-state index contributed by atoms with van der Waals surface area (Å²) in [6.07, 6.45) is 1.00. The number of alkyl carbamates (subject to hydrolysis) is 1. The number of benzene rings is 1. The number of rotatable bonds is 10. The number of nitrogens with zero attached hydrogens (tertiary/aromatic N) is 3. The Hall–Kier alpha value is -3.54. The maximum Gasteiger partial charge on any atom is 0.407 e. The molecule has 0 spiro atoms. The van der Waals surface area contributed by atoms with Crippen molar-refractivity contribution in [2.75, 3.05) is 19.8 Å². The molecule has 0 radical (unpaired) electrons. The smallest absolute Gasteiger partial charge is 0.407 e. The van der Waals surface area contributed by atoms with Crippen molar-refractivity contribution in [1.29, 1.82) is 0 Å². The topological polar surface area (TPSA) is 142 Å². The van der Waals surface area contributed by atoms with Gasteiger partial charge in [-0.1, -0.05) is 43.8 Å². The van der Waals surface area contributed by atoms with Crippen LogP contribution >= 0.6 is 0 Å². The maximum absolute atomic E-state index is 12.8. The SMILES string of the molecule is C.CC(C)(N)C(=O)N[C@H](COCc1ccccc1)c1nnc2cccc(COC(=O)NC3CCOCC3)n12. The van der Waals surface area contributed by atoms with E-state index in [2.05, 4.69) is 20.8 Å². The summed E-state index contributed by atoms with van der Waals surface area (Å²) in [5, 5.41) is 14.4. The highest BCUT2D eigenvalue weighted by atomic mass is 16.5. The standard InChI is InChI=1S/C26H34N6O5.CH4/c1-26(2,27)24(33)29-21(17-36-15-18-7-4-3-5-8-18)23-31-30-22-10-6-9-20(32(22)23)16-37-25(34)28-19-11-13-35-14-12-19;/h3-10,19,21H,11-17,27H2,1-2H3,(H,28,34)(H,29,33);1H4/t21-;/m1./s1. The molecule has 1 saturated heterocycles. The highest BCUT2D eigenvalue weighted by Crippen LogP contribution is 2.19. The van der Waals surface area contributed by atoms with Crippen molar-refractivity contribution < 1.29 is 23.8 Å². The van der Waals surface area contributed by atoms with Crippen LogP contribution in [-0.4, -0.2) is 58.0 Å². The number of carbonyl (C=O) groups is 2. The first kappa shape index (κ1) is 29.0. The molecule has 4 rings (SSSR count). The fraction of sp³-hybridized carbons (Fsp3) is 0.481. The summed E-state index contributed by atoms with van der Waals surface area (Å²) in [6.45, 7) is 4.98. The van der Waals surface area contributed by atoms with E-state index in [4.69, 9.17) is 19.9 Å². The van der Waals surface area contributed by atoms with Crippen LogP contribution < -0.4 is 16.4 Å². The van der Waals surface area contributed by atoms with Gasteiger partial charge in [-0.3, -0.25) is 9.20 Å². The summed E-state index contributed by atoms with van der Waals surface area (Å²) in [4.78, 5) is 25.2. The van der Waals surface area contributed by atoms with Gasteiger partial charge in [0.1, 0.15) is 12.6 Å². The number of amides is 2. The minimum absolute atomic E-state index is 0. The summed E-state index contributed by atoms with van der Waals surface area (Å²) < 4.78 is 18.6. The fourth-order valence-corrected chi connectivity index (χ4v) is 3.95. The van der Waals surface area contributed by atoms with Crippen LogP contribution in [0.25, 0.3) is 5.65 Å². The van der Waals surface area contributed by atoms with Gasteiger partial charge >= 0.3 is 6.09 Å². The highest BCUT2D eigenvalue weighted by molar-refractivity contribution is 5.85. The molecule has 4 N–H and O–H groups in total. The lowest BCUT2D eigenvalue weighted by Gasteiger charge is -2.24. The van der Waals surface area contributed by atoms with Crippen LogP contribution in [-0.2, 0) is 32.2 Å². The third-order valence-corrected chi connectivity index (χ3v) is 6.03. The highest BCUT2D eigenvalue weighted by Gasteiger charge is 2.28. The number of ether oxygens (including phenoxy) is 3. The van der Waals surface area contributed by atoms with Crippen molar-refractivity contribution in [1.82, 2.24) is 25.2 Å². The van der Waals surface area contributed by atoms with Crippen LogP contribution in [0.3, 0.4) is 0 Å². The zero-order valence-corrected chi connectivity index (χ0v) is 21.2. The Kier molecular flexibility index (Phi) is 10.2. The molecule has 1 aromatic carbocycles. The molecule has 2 aromatic heterocycles. The first-order chi connectivity index (χ1) is 17.8. The van der Waals surface area contributed by atoms with Crippen LogP contribution in [0.4, 0.5) is 4.79 Å². The van der Waals surface area contributed by atoms with Gasteiger partial charge < -0.3 is 30.6 Å². The van der Waals surface area contributed by atoms with Gasteiger partial charge in [0, 0.05) is 19.3 Å². The number of pyridine rings is 1. The number of carbonyl (C=O) groups excluding carboxylic acids is 2. The second-order valence-electron chi connectivity index (χ2n) is 9.62. The molecule has 2 amide bonds. The first-order valence-corrected chi connectivity index (χ1v) is 12.4. The lowest BCUT2D eigenvalue weighted by atomic mass is 10.1. The molecule has 0 unspecified atom stereocenters. The van der Waals surface area contributed by atoms with Gasteiger partial charge in [-0.2, -0.15) is 0 Å². The molecule has 1 aliphatic rings. The van der Waals surface area contributed by atoms with Gasteiger partial charge in [-0.15, -0.1) is 10.2 Å². The van der Waals surface area contributed by atoms with E-state index in [1.807, 2.05) is 42.5 Å². The van der Waals surface area contributed by atoms with Crippen molar-refractivity contribution in [2.24, 2.45) is 5.73 Å². The van der Waals surface area contributed by atoms with Crippen LogP contribution in [0.15, 0.2) is 48.5 Å². The summed E-state index contributed by atoms with van der Waals surface area (Å²) in [5.41, 5.74) is 7.13. The van der Waals surface area contributed by atoms with E-state index in [9.17, 15) is 9.59 Å². The predicted molar refractivity (Wildman–Crippen MR) is 142 cm³/mol. The second-order valence-corrected chi connectivity index (χ2v) is 9.62. The molecule has 206 valence electrons. The number of nitrogens with two attached hydrogens (primary N) is 1. The molecule has 3 aromatic rings. The Morgan fingerprint density at radius 2 is 1.84 bits per heavy atom. The molecule has 38 heavy (non-hydrogen) atoms. The molecule has 0 bridgehead atoms. The van der Waals surface area contributed by atoms with E-state index in [1.165, 1.54) is 0 Å². The Morgan fingerprint density at radius 1 is 1.11 bits per heavy atom. The maximum atomic E-state index is 12.8. The van der Waals surface area contributed by atoms with Crippen molar-refractivity contribution in [3.63, 3.8) is 0 Å². The Balaban J connectivity index is 0.00000400. The van der Waals surface area contributed by atoms with E-state index >= 15 is 0 Å². The summed E-state index contributed by atoms with van der Waals surface area (Å²) in [6, 6.07) is 14.5. The summed E-state index contributed by atoms with van der Waals surface area (Å²) >= 11 is 0. The largest absolute Gasteiger partial charge is 0.443 e. The number of nitrogens with one attached hydrogen (secondary N) is 2. The molecule has 0 saturated carbocycles. The van der Waals surface area contributed by atoms with E-state index in [-0.39, 0.29) is 32.6 Å². The molecule has 0 aliphatic carbocycles.